The number of nitrogen functional groups attached to an aromatic ring is 1. The van der Waals surface area contributed by atoms with Crippen molar-refractivity contribution in [1.82, 2.24) is 45.1 Å². The lowest BCUT2D eigenvalue weighted by atomic mass is 10.0. The van der Waals surface area contributed by atoms with Gasteiger partial charge in [0.2, 0.25) is 11.8 Å². The summed E-state index contributed by atoms with van der Waals surface area (Å²) in [5.74, 6) is -3.14. The quantitative estimate of drug-likeness (QED) is 0.0254. The molecular formula is C54H59F4N11O5S2. The number of halogens is 4. The van der Waals surface area contributed by atoms with Crippen LogP contribution in [0.5, 0.6) is 11.5 Å². The van der Waals surface area contributed by atoms with Gasteiger partial charge in [-0.05, 0) is 100 Å². The zero-order valence-electron chi connectivity index (χ0n) is 42.3. The second kappa shape index (κ2) is 23.8. The van der Waals surface area contributed by atoms with Crippen molar-refractivity contribution in [2.45, 2.75) is 108 Å². The first-order chi connectivity index (χ1) is 36.6. The number of aryl methyl sites for hydroxylation is 3. The van der Waals surface area contributed by atoms with Crippen LogP contribution >= 0.6 is 23.3 Å². The van der Waals surface area contributed by atoms with Gasteiger partial charge >= 0.3 is 5.76 Å². The highest BCUT2D eigenvalue weighted by Crippen LogP contribution is 2.42. The van der Waals surface area contributed by atoms with Crippen LogP contribution in [-0.2, 0) is 34.5 Å². The van der Waals surface area contributed by atoms with Gasteiger partial charge in [0.15, 0.2) is 5.67 Å². The van der Waals surface area contributed by atoms with Gasteiger partial charge in [-0.3, -0.25) is 23.7 Å². The Morgan fingerprint density at radius 1 is 0.961 bits per heavy atom. The highest BCUT2D eigenvalue weighted by Gasteiger charge is 2.51. The van der Waals surface area contributed by atoms with Crippen LogP contribution in [0.3, 0.4) is 0 Å². The average Bonchev–Trinajstić information content (AvgIpc) is 3.91. The number of unbranched alkanes of at least 4 members (excludes halogenated alkanes) is 3. The minimum absolute atomic E-state index is 0.111. The van der Waals surface area contributed by atoms with E-state index in [4.69, 9.17) is 20.3 Å². The highest BCUT2D eigenvalue weighted by molar-refractivity contribution is 8.00. The molecule has 1 saturated heterocycles. The van der Waals surface area contributed by atoms with Crippen LogP contribution < -0.4 is 30.6 Å². The number of nitrogens with zero attached hydrogens (tertiary/aromatic N) is 7. The summed E-state index contributed by atoms with van der Waals surface area (Å²) in [4.78, 5) is 49.9. The van der Waals surface area contributed by atoms with Crippen molar-refractivity contribution in [3.63, 3.8) is 0 Å². The Morgan fingerprint density at radius 2 is 1.74 bits per heavy atom. The van der Waals surface area contributed by atoms with Crippen molar-refractivity contribution in [1.29, 1.82) is 0 Å². The van der Waals surface area contributed by atoms with Gasteiger partial charge in [0.1, 0.15) is 34.9 Å². The normalized spacial score (nSPS) is 15.3. The summed E-state index contributed by atoms with van der Waals surface area (Å²) >= 11 is 1.79. The first kappa shape index (κ1) is 53.6. The maximum absolute atomic E-state index is 14.1. The maximum Gasteiger partial charge on any atom is 0.302 e. The Morgan fingerprint density at radius 3 is 2.50 bits per heavy atom. The van der Waals surface area contributed by atoms with Crippen LogP contribution in [-0.4, -0.2) is 89.3 Å². The molecule has 22 heteroatoms. The van der Waals surface area contributed by atoms with E-state index in [1.54, 1.807) is 70.6 Å². The molecule has 0 radical (unpaired) electrons. The number of anilines is 2. The number of alkyl halides is 3. The van der Waals surface area contributed by atoms with Crippen LogP contribution in [0.1, 0.15) is 87.6 Å². The number of carbonyl (C=O) groups is 3. The third kappa shape index (κ3) is 12.7. The van der Waals surface area contributed by atoms with E-state index in [9.17, 15) is 31.9 Å². The minimum atomic E-state index is -2.68. The Bertz CT molecular complexity index is 3200. The number of nitrogens with two attached hydrogens (primary N) is 1. The number of pyridine rings is 1. The number of hydrogen-bond acceptors (Lipinski definition) is 13. The van der Waals surface area contributed by atoms with Gasteiger partial charge in [0, 0.05) is 85.7 Å². The molecule has 3 amide bonds. The molecule has 2 aliphatic rings. The zero-order valence-corrected chi connectivity index (χ0v) is 43.9. The zero-order chi connectivity index (χ0) is 53.5. The molecule has 1 unspecified atom stereocenters. The average molecular weight is 1080 g/mol. The summed E-state index contributed by atoms with van der Waals surface area (Å²) in [6.45, 7) is 5.30. The molecule has 5 heterocycles. The lowest BCUT2D eigenvalue weighted by Gasteiger charge is -2.25. The predicted octanol–water partition coefficient (Wildman–Crippen LogP) is 10.3. The molecule has 4 aromatic heterocycles. The first-order valence-electron chi connectivity index (χ1n) is 25.2. The van der Waals surface area contributed by atoms with Crippen LogP contribution in [0.4, 0.5) is 29.1 Å². The van der Waals surface area contributed by atoms with Gasteiger partial charge in [0.25, 0.3) is 5.91 Å². The van der Waals surface area contributed by atoms with Crippen LogP contribution in [0.15, 0.2) is 84.8 Å². The smallest absolute Gasteiger partial charge is 0.302 e. The molecule has 0 bridgehead atoms. The van der Waals surface area contributed by atoms with Crippen molar-refractivity contribution in [3.05, 3.63) is 107 Å². The van der Waals surface area contributed by atoms with E-state index in [0.29, 0.717) is 59.8 Å². The number of rotatable bonds is 24. The van der Waals surface area contributed by atoms with Gasteiger partial charge < -0.3 is 35.5 Å². The Labute approximate surface area is 445 Å². The summed E-state index contributed by atoms with van der Waals surface area (Å²) < 4.78 is 73.3. The van der Waals surface area contributed by atoms with E-state index in [1.807, 2.05) is 48.6 Å². The summed E-state index contributed by atoms with van der Waals surface area (Å²) in [5, 5.41) is 15.6. The number of ether oxygens (including phenoxy) is 2. The standard InChI is InChI=1S/C54H59F4N11O5S2/c1-32-50(75-31-63-32)36-10-11-37(26-60-45(70)25-40-9-8-21-69(40)46(71)29-62-52(72)54(58)18-19-54)43(24-36)73-22-7-5-4-6-20-68-30-38(27-64-68)41-28-61-51(59)47-48(65-67(3)49(41)47)35-14-17-42(66-76-53(56)57)44(23-35)74-33(2)34-12-15-39(55)16-13-34/h10-17,23-24,27-28,30-31,33,40,53,66H,4-9,18-22,25-26,29H2,1-3H3,(H2,59,61)(H,60,70)(H,62,72)/t33-,40?/m0/s1. The maximum atomic E-state index is 14.1. The molecule has 1 aliphatic heterocycles. The number of amides is 3. The minimum Gasteiger partial charge on any atom is -0.493 e. The van der Waals surface area contributed by atoms with E-state index < -0.39 is 23.4 Å². The molecule has 3 aromatic carbocycles. The van der Waals surface area contributed by atoms with E-state index in [-0.39, 0.29) is 79.5 Å². The van der Waals surface area contributed by atoms with Crippen molar-refractivity contribution < 1.29 is 41.4 Å². The molecular weight excluding hydrogens is 1020 g/mol. The summed E-state index contributed by atoms with van der Waals surface area (Å²) in [6, 6.07) is 16.6. The number of benzene rings is 3. The number of fused-ring (bicyclic) bond motifs is 1. The lowest BCUT2D eigenvalue weighted by Crippen LogP contribution is -2.45. The van der Waals surface area contributed by atoms with E-state index in [0.717, 1.165) is 70.4 Å². The third-order valence-corrected chi connectivity index (χ3v) is 15.2. The summed E-state index contributed by atoms with van der Waals surface area (Å²) in [7, 11) is 1.81. The first-order valence-corrected chi connectivity index (χ1v) is 27.0. The van der Waals surface area contributed by atoms with Gasteiger partial charge in [-0.15, -0.1) is 11.3 Å². The lowest BCUT2D eigenvalue weighted by molar-refractivity contribution is -0.136. The molecule has 5 N–H and O–H groups in total. The predicted molar refractivity (Wildman–Crippen MR) is 286 cm³/mol. The second-order valence-corrected chi connectivity index (χ2v) is 20.8. The largest absolute Gasteiger partial charge is 0.493 e. The number of carbonyl (C=O) groups excluding carboxylic acids is 3. The van der Waals surface area contributed by atoms with E-state index in [2.05, 4.69) is 30.4 Å². The van der Waals surface area contributed by atoms with Crippen molar-refractivity contribution in [2.24, 2.45) is 7.05 Å². The van der Waals surface area contributed by atoms with Gasteiger partial charge in [-0.2, -0.15) is 19.0 Å². The fourth-order valence-electron chi connectivity index (χ4n) is 9.40. The highest BCUT2D eigenvalue weighted by atomic mass is 32.2. The monoisotopic (exact) mass is 1080 g/mol. The molecule has 76 heavy (non-hydrogen) atoms. The molecule has 7 aromatic rings. The molecule has 16 nitrogen and oxygen atoms in total. The fraction of sp³-hybridized carbons (Fsp3) is 0.389. The SMILES string of the molecule is Cc1ncsc1-c1ccc(CNC(=O)CC2CCCN2C(=O)CNC(=O)C2(F)CC2)c(OCCCCCCn2cc(-c3cnc(N)c4c(-c5ccc(NSC(F)F)c(O[C@@H](C)c6ccc(F)cc6)c5)nn(C)c34)cn2)c1. The third-order valence-electron chi connectivity index (χ3n) is 13.7. The molecule has 400 valence electrons. The number of hydrogen-bond donors (Lipinski definition) is 4. The molecule has 2 atom stereocenters. The Balaban J connectivity index is 0.793. The van der Waals surface area contributed by atoms with Crippen molar-refractivity contribution >= 4 is 63.4 Å². The Kier molecular flexibility index (Phi) is 16.8. The van der Waals surface area contributed by atoms with E-state index >= 15 is 0 Å². The summed E-state index contributed by atoms with van der Waals surface area (Å²) in [5.41, 5.74) is 13.7. The van der Waals surface area contributed by atoms with Crippen molar-refractivity contribution in [2.75, 3.05) is 30.2 Å². The van der Waals surface area contributed by atoms with Gasteiger partial charge in [-0.25, -0.2) is 18.7 Å². The van der Waals surface area contributed by atoms with Crippen LogP contribution in [0.25, 0.3) is 43.7 Å². The number of thiazole rings is 1. The Hall–Kier alpha value is -7.20. The fourth-order valence-corrected chi connectivity index (χ4v) is 10.6. The number of aromatic nitrogens is 6. The number of likely N-dealkylation sites (tertiary alicyclic amines) is 1. The van der Waals surface area contributed by atoms with Crippen molar-refractivity contribution in [3.8, 4) is 44.3 Å². The molecule has 2 fully saturated rings. The van der Waals surface area contributed by atoms with E-state index in [1.165, 1.54) is 12.1 Å². The second-order valence-electron chi connectivity index (χ2n) is 19.1. The summed E-state index contributed by atoms with van der Waals surface area (Å²) in [6.07, 6.45) is 10.2. The molecule has 1 aliphatic carbocycles. The topological polar surface area (TPSA) is 196 Å². The van der Waals surface area contributed by atoms with Gasteiger partial charge in [0.05, 0.1) is 52.0 Å². The molecule has 0 spiro atoms. The molecule has 1 saturated carbocycles. The van der Waals surface area contributed by atoms with Gasteiger partial charge in [-0.1, -0.05) is 36.8 Å². The van der Waals surface area contributed by atoms with Crippen LogP contribution in [0.2, 0.25) is 0 Å². The van der Waals surface area contributed by atoms with Crippen LogP contribution in [0, 0.1) is 12.7 Å². The molecule has 9 rings (SSSR count). The number of nitrogens with one attached hydrogen (secondary N) is 3.